The zero-order valence-electron chi connectivity index (χ0n) is 13.5. The monoisotopic (exact) mass is 350 g/mol. The van der Waals surface area contributed by atoms with Gasteiger partial charge in [0.05, 0.1) is 17.9 Å². The van der Waals surface area contributed by atoms with Crippen molar-refractivity contribution < 1.29 is 22.7 Å². The first-order valence-corrected chi connectivity index (χ1v) is 7.61. The standard InChI is InChI=1S/C18H17F3N2O2/c1-2-25-17(24)16(12-13-6-4-3-5-7-13)23-22-15-10-8-14(9-11-15)18(19,20)21/h3-11,22H,2,12H2,1H3/b23-16+. The second kappa shape index (κ2) is 8.32. The fourth-order valence-corrected chi connectivity index (χ4v) is 2.03. The molecule has 0 bridgehead atoms. The lowest BCUT2D eigenvalue weighted by Crippen LogP contribution is -2.21. The molecule has 0 amide bonds. The molecule has 25 heavy (non-hydrogen) atoms. The zero-order chi connectivity index (χ0) is 18.3. The quantitative estimate of drug-likeness (QED) is 0.481. The van der Waals surface area contributed by atoms with Gasteiger partial charge in [-0.15, -0.1) is 0 Å². The van der Waals surface area contributed by atoms with Crippen LogP contribution in [0.1, 0.15) is 18.1 Å². The van der Waals surface area contributed by atoms with Crippen molar-refractivity contribution >= 4 is 17.4 Å². The summed E-state index contributed by atoms with van der Waals surface area (Å²) in [6.07, 6.45) is -4.15. The minimum absolute atomic E-state index is 0.132. The average molecular weight is 350 g/mol. The number of esters is 1. The van der Waals surface area contributed by atoms with E-state index >= 15 is 0 Å². The zero-order valence-corrected chi connectivity index (χ0v) is 13.5. The molecule has 0 unspecified atom stereocenters. The third-order valence-corrected chi connectivity index (χ3v) is 3.26. The van der Waals surface area contributed by atoms with Crippen molar-refractivity contribution in [2.45, 2.75) is 19.5 Å². The van der Waals surface area contributed by atoms with Crippen LogP contribution in [-0.2, 0) is 22.1 Å². The molecule has 0 aliphatic rings. The molecule has 0 aromatic heterocycles. The Bertz CT molecular complexity index is 726. The van der Waals surface area contributed by atoms with Crippen molar-refractivity contribution in [3.63, 3.8) is 0 Å². The van der Waals surface area contributed by atoms with Crippen molar-refractivity contribution in [2.75, 3.05) is 12.0 Å². The maximum absolute atomic E-state index is 12.6. The van der Waals surface area contributed by atoms with Crippen LogP contribution in [-0.4, -0.2) is 18.3 Å². The van der Waals surface area contributed by atoms with Gasteiger partial charge in [0.15, 0.2) is 0 Å². The van der Waals surface area contributed by atoms with Crippen LogP contribution in [0.5, 0.6) is 0 Å². The van der Waals surface area contributed by atoms with E-state index in [1.165, 1.54) is 12.1 Å². The maximum atomic E-state index is 12.6. The number of rotatable bonds is 6. The number of benzene rings is 2. The van der Waals surface area contributed by atoms with E-state index in [1.54, 1.807) is 6.92 Å². The van der Waals surface area contributed by atoms with Gasteiger partial charge in [-0.3, -0.25) is 5.43 Å². The highest BCUT2D eigenvalue weighted by atomic mass is 19.4. The Morgan fingerprint density at radius 1 is 1.08 bits per heavy atom. The van der Waals surface area contributed by atoms with Crippen molar-refractivity contribution in [2.24, 2.45) is 5.10 Å². The average Bonchev–Trinajstić information content (AvgIpc) is 2.59. The van der Waals surface area contributed by atoms with E-state index in [9.17, 15) is 18.0 Å². The van der Waals surface area contributed by atoms with Crippen molar-refractivity contribution in [1.82, 2.24) is 0 Å². The number of hydrazone groups is 1. The summed E-state index contributed by atoms with van der Waals surface area (Å²) in [6.45, 7) is 1.88. The minimum atomic E-state index is -4.40. The molecule has 4 nitrogen and oxygen atoms in total. The van der Waals surface area contributed by atoms with E-state index in [4.69, 9.17) is 4.74 Å². The summed E-state index contributed by atoms with van der Waals surface area (Å²) in [5.41, 5.74) is 3.18. The first-order chi connectivity index (χ1) is 11.9. The summed E-state index contributed by atoms with van der Waals surface area (Å²) < 4.78 is 42.6. The Labute approximate surface area is 143 Å². The fraction of sp³-hybridized carbons (Fsp3) is 0.222. The summed E-state index contributed by atoms with van der Waals surface area (Å²) >= 11 is 0. The van der Waals surface area contributed by atoms with Gasteiger partial charge >= 0.3 is 12.1 Å². The molecule has 2 aromatic carbocycles. The number of hydrogen-bond acceptors (Lipinski definition) is 4. The Kier molecular flexibility index (Phi) is 6.16. The fourth-order valence-electron chi connectivity index (χ4n) is 2.03. The minimum Gasteiger partial charge on any atom is -0.461 e. The SMILES string of the molecule is CCOC(=O)/C(Cc1ccccc1)=N/Nc1ccc(C(F)(F)F)cc1. The molecule has 2 rings (SSSR count). The van der Waals surface area contributed by atoms with Gasteiger partial charge in [0, 0.05) is 6.42 Å². The summed E-state index contributed by atoms with van der Waals surface area (Å²) in [5, 5.41) is 4.01. The van der Waals surface area contributed by atoms with Gasteiger partial charge in [-0.2, -0.15) is 18.3 Å². The van der Waals surface area contributed by atoms with E-state index in [-0.39, 0.29) is 18.7 Å². The lowest BCUT2D eigenvalue weighted by Gasteiger charge is -2.09. The van der Waals surface area contributed by atoms with Gasteiger partial charge in [0.2, 0.25) is 0 Å². The highest BCUT2D eigenvalue weighted by molar-refractivity contribution is 6.37. The van der Waals surface area contributed by atoms with Crippen LogP contribution >= 0.6 is 0 Å². The van der Waals surface area contributed by atoms with Crippen LogP contribution in [0, 0.1) is 0 Å². The second-order valence-electron chi connectivity index (χ2n) is 5.13. The van der Waals surface area contributed by atoms with Gasteiger partial charge in [0.1, 0.15) is 5.71 Å². The second-order valence-corrected chi connectivity index (χ2v) is 5.13. The van der Waals surface area contributed by atoms with E-state index in [0.717, 1.165) is 17.7 Å². The van der Waals surface area contributed by atoms with Crippen molar-refractivity contribution in [3.8, 4) is 0 Å². The van der Waals surface area contributed by atoms with Gasteiger partial charge in [-0.05, 0) is 36.8 Å². The molecule has 0 heterocycles. The Balaban J connectivity index is 2.15. The molecule has 2 aromatic rings. The number of nitrogens with one attached hydrogen (secondary N) is 1. The molecular weight excluding hydrogens is 333 g/mol. The number of hydrogen-bond donors (Lipinski definition) is 1. The molecule has 0 radical (unpaired) electrons. The number of carbonyl (C=O) groups is 1. The summed E-state index contributed by atoms with van der Waals surface area (Å²) in [5.74, 6) is -0.578. The normalized spacial score (nSPS) is 11.9. The van der Waals surface area contributed by atoms with Crippen molar-refractivity contribution in [1.29, 1.82) is 0 Å². The number of nitrogens with zero attached hydrogens (tertiary/aromatic N) is 1. The molecule has 0 atom stereocenters. The van der Waals surface area contributed by atoms with Gasteiger partial charge in [-0.25, -0.2) is 4.79 Å². The molecular formula is C18H17F3N2O2. The number of alkyl halides is 3. The molecule has 0 spiro atoms. The Morgan fingerprint density at radius 2 is 1.72 bits per heavy atom. The molecule has 7 heteroatoms. The lowest BCUT2D eigenvalue weighted by atomic mass is 10.1. The third-order valence-electron chi connectivity index (χ3n) is 3.26. The van der Waals surface area contributed by atoms with Crippen LogP contribution in [0.2, 0.25) is 0 Å². The lowest BCUT2D eigenvalue weighted by molar-refractivity contribution is -0.137. The number of carbonyl (C=O) groups excluding carboxylic acids is 1. The smallest absolute Gasteiger partial charge is 0.416 e. The van der Waals surface area contributed by atoms with Crippen LogP contribution < -0.4 is 5.43 Å². The molecule has 0 aliphatic carbocycles. The molecule has 0 aliphatic heterocycles. The number of ether oxygens (including phenoxy) is 1. The van der Waals surface area contributed by atoms with Crippen LogP contribution in [0.3, 0.4) is 0 Å². The predicted octanol–water partition coefficient (Wildman–Crippen LogP) is 4.28. The predicted molar refractivity (Wildman–Crippen MR) is 89.3 cm³/mol. The number of anilines is 1. The van der Waals surface area contributed by atoms with Crippen LogP contribution in [0.25, 0.3) is 0 Å². The number of halogens is 3. The van der Waals surface area contributed by atoms with Gasteiger partial charge < -0.3 is 4.74 Å². The molecule has 0 saturated heterocycles. The first kappa shape index (κ1) is 18.5. The van der Waals surface area contributed by atoms with Gasteiger partial charge in [-0.1, -0.05) is 30.3 Å². The Morgan fingerprint density at radius 3 is 2.28 bits per heavy atom. The molecule has 0 saturated carbocycles. The summed E-state index contributed by atoms with van der Waals surface area (Å²) in [4.78, 5) is 12.0. The van der Waals surface area contributed by atoms with E-state index in [2.05, 4.69) is 10.5 Å². The van der Waals surface area contributed by atoms with E-state index < -0.39 is 17.7 Å². The molecule has 1 N–H and O–H groups in total. The maximum Gasteiger partial charge on any atom is 0.416 e. The van der Waals surface area contributed by atoms with E-state index in [1.807, 2.05) is 30.3 Å². The van der Waals surface area contributed by atoms with Crippen molar-refractivity contribution in [3.05, 3.63) is 65.7 Å². The summed E-state index contributed by atoms with van der Waals surface area (Å²) in [7, 11) is 0. The summed E-state index contributed by atoms with van der Waals surface area (Å²) in [6, 6.07) is 13.6. The molecule has 132 valence electrons. The van der Waals surface area contributed by atoms with Crippen LogP contribution in [0.4, 0.5) is 18.9 Å². The van der Waals surface area contributed by atoms with Gasteiger partial charge in [0.25, 0.3) is 0 Å². The van der Waals surface area contributed by atoms with Crippen LogP contribution in [0.15, 0.2) is 59.7 Å². The molecule has 0 fully saturated rings. The topological polar surface area (TPSA) is 50.7 Å². The highest BCUT2D eigenvalue weighted by Gasteiger charge is 2.29. The largest absolute Gasteiger partial charge is 0.461 e. The van der Waals surface area contributed by atoms with E-state index in [0.29, 0.717) is 5.69 Å². The first-order valence-electron chi connectivity index (χ1n) is 7.61. The third kappa shape index (κ3) is 5.63. The highest BCUT2D eigenvalue weighted by Crippen LogP contribution is 2.29. The Hall–Kier alpha value is -2.83.